The first-order chi connectivity index (χ1) is 7.91. The Morgan fingerprint density at radius 2 is 1.71 bits per heavy atom. The molecule has 2 N–H and O–H groups in total. The average Bonchev–Trinajstić information content (AvgIpc) is 2.25. The molecule has 1 rings (SSSR count). The number of carbonyl (C=O) groups is 2. The maximum absolute atomic E-state index is 11.9. The van der Waals surface area contributed by atoms with E-state index < -0.39 is 12.0 Å². The number of aliphatic carboxylic acids is 1. The molecule has 0 aromatic heterocycles. The van der Waals surface area contributed by atoms with E-state index in [0.717, 1.165) is 25.7 Å². The standard InChI is InChI=1S/C13H23NO3/c1-8(2)11(13(16)17)14-12(15)10-6-4-9(3)5-7-10/h8-11H,4-7H2,1-3H3,(H,14,15)(H,16,17)/t9?,10?,11-/m0/s1. The van der Waals surface area contributed by atoms with Gasteiger partial charge in [0.1, 0.15) is 6.04 Å². The Labute approximate surface area is 103 Å². The highest BCUT2D eigenvalue weighted by atomic mass is 16.4. The zero-order valence-corrected chi connectivity index (χ0v) is 10.9. The van der Waals surface area contributed by atoms with E-state index in [2.05, 4.69) is 12.2 Å². The van der Waals surface area contributed by atoms with Crippen LogP contribution in [0.4, 0.5) is 0 Å². The number of amides is 1. The molecule has 0 unspecified atom stereocenters. The monoisotopic (exact) mass is 241 g/mol. The summed E-state index contributed by atoms with van der Waals surface area (Å²) in [5.41, 5.74) is 0. The van der Waals surface area contributed by atoms with Crippen LogP contribution in [-0.2, 0) is 9.59 Å². The van der Waals surface area contributed by atoms with Crippen LogP contribution in [0.2, 0.25) is 0 Å². The minimum atomic E-state index is -0.947. The minimum absolute atomic E-state index is 0.00630. The number of carboxylic acids is 1. The lowest BCUT2D eigenvalue weighted by Crippen LogP contribution is -2.47. The summed E-state index contributed by atoms with van der Waals surface area (Å²) >= 11 is 0. The van der Waals surface area contributed by atoms with Gasteiger partial charge in [0.05, 0.1) is 0 Å². The molecule has 1 atom stereocenters. The Bertz CT molecular complexity index is 280. The van der Waals surface area contributed by atoms with Crippen LogP contribution in [0.5, 0.6) is 0 Å². The van der Waals surface area contributed by atoms with E-state index in [1.165, 1.54) is 0 Å². The van der Waals surface area contributed by atoms with Crippen LogP contribution in [0.1, 0.15) is 46.5 Å². The summed E-state index contributed by atoms with van der Waals surface area (Å²) in [5.74, 6) is -0.416. The number of hydrogen-bond donors (Lipinski definition) is 2. The number of nitrogens with one attached hydrogen (secondary N) is 1. The quantitative estimate of drug-likeness (QED) is 0.791. The summed E-state index contributed by atoms with van der Waals surface area (Å²) in [6.45, 7) is 5.81. The molecule has 0 aromatic rings. The van der Waals surface area contributed by atoms with Crippen LogP contribution in [0, 0.1) is 17.8 Å². The van der Waals surface area contributed by atoms with Gasteiger partial charge in [-0.2, -0.15) is 0 Å². The lowest BCUT2D eigenvalue weighted by atomic mass is 9.82. The first kappa shape index (κ1) is 14.0. The van der Waals surface area contributed by atoms with Crippen molar-refractivity contribution >= 4 is 11.9 Å². The minimum Gasteiger partial charge on any atom is -0.480 e. The first-order valence-corrected chi connectivity index (χ1v) is 6.45. The summed E-state index contributed by atoms with van der Waals surface area (Å²) in [5, 5.41) is 11.7. The maximum atomic E-state index is 11.9. The molecule has 4 heteroatoms. The molecule has 1 saturated carbocycles. The van der Waals surface area contributed by atoms with E-state index in [1.807, 2.05) is 13.8 Å². The number of hydrogen-bond acceptors (Lipinski definition) is 2. The molecule has 0 radical (unpaired) electrons. The molecular weight excluding hydrogens is 218 g/mol. The molecule has 1 amide bonds. The zero-order valence-electron chi connectivity index (χ0n) is 10.9. The van der Waals surface area contributed by atoms with Crippen molar-refractivity contribution in [1.29, 1.82) is 0 Å². The van der Waals surface area contributed by atoms with Gasteiger partial charge in [-0.3, -0.25) is 4.79 Å². The molecule has 0 saturated heterocycles. The lowest BCUT2D eigenvalue weighted by molar-refractivity contribution is -0.144. The second kappa shape index (κ2) is 6.03. The van der Waals surface area contributed by atoms with Crippen molar-refractivity contribution in [3.05, 3.63) is 0 Å². The molecule has 98 valence electrons. The highest BCUT2D eigenvalue weighted by Crippen LogP contribution is 2.28. The smallest absolute Gasteiger partial charge is 0.326 e. The highest BCUT2D eigenvalue weighted by molar-refractivity contribution is 5.85. The van der Waals surface area contributed by atoms with E-state index in [-0.39, 0.29) is 17.7 Å². The van der Waals surface area contributed by atoms with Gasteiger partial charge in [-0.25, -0.2) is 4.79 Å². The van der Waals surface area contributed by atoms with E-state index in [9.17, 15) is 9.59 Å². The Kier molecular flexibility index (Phi) is 4.97. The van der Waals surface area contributed by atoms with Crippen LogP contribution < -0.4 is 5.32 Å². The Morgan fingerprint density at radius 1 is 1.18 bits per heavy atom. The third kappa shape index (κ3) is 4.02. The topological polar surface area (TPSA) is 66.4 Å². The predicted octanol–water partition coefficient (Wildman–Crippen LogP) is 2.04. The number of carboxylic acid groups (broad SMARTS) is 1. The summed E-state index contributed by atoms with van der Waals surface area (Å²) in [7, 11) is 0. The second-order valence-electron chi connectivity index (χ2n) is 5.53. The molecule has 0 bridgehead atoms. The van der Waals surface area contributed by atoms with E-state index in [4.69, 9.17) is 5.11 Å². The van der Waals surface area contributed by atoms with E-state index in [0.29, 0.717) is 5.92 Å². The van der Waals surface area contributed by atoms with Gasteiger partial charge in [-0.05, 0) is 37.5 Å². The average molecular weight is 241 g/mol. The Balaban J connectivity index is 2.50. The van der Waals surface area contributed by atoms with Gasteiger partial charge in [-0.1, -0.05) is 20.8 Å². The SMILES string of the molecule is CC1CCC(C(=O)N[C@H](C(=O)O)C(C)C)CC1. The van der Waals surface area contributed by atoms with Gasteiger partial charge in [-0.15, -0.1) is 0 Å². The van der Waals surface area contributed by atoms with Crippen molar-refractivity contribution in [2.45, 2.75) is 52.5 Å². The van der Waals surface area contributed by atoms with Crippen molar-refractivity contribution in [2.75, 3.05) is 0 Å². The molecular formula is C13H23NO3. The van der Waals surface area contributed by atoms with Crippen LogP contribution >= 0.6 is 0 Å². The second-order valence-corrected chi connectivity index (χ2v) is 5.53. The maximum Gasteiger partial charge on any atom is 0.326 e. The third-order valence-electron chi connectivity index (χ3n) is 3.62. The third-order valence-corrected chi connectivity index (χ3v) is 3.62. The van der Waals surface area contributed by atoms with Crippen molar-refractivity contribution < 1.29 is 14.7 Å². The lowest BCUT2D eigenvalue weighted by Gasteiger charge is -2.27. The van der Waals surface area contributed by atoms with Crippen molar-refractivity contribution in [2.24, 2.45) is 17.8 Å². The molecule has 1 aliphatic carbocycles. The van der Waals surface area contributed by atoms with Gasteiger partial charge in [0.15, 0.2) is 0 Å². The normalized spacial score (nSPS) is 26.6. The van der Waals surface area contributed by atoms with Crippen LogP contribution in [0.15, 0.2) is 0 Å². The fourth-order valence-corrected chi connectivity index (χ4v) is 2.31. The van der Waals surface area contributed by atoms with E-state index >= 15 is 0 Å². The van der Waals surface area contributed by atoms with Gasteiger partial charge < -0.3 is 10.4 Å². The molecule has 0 aliphatic heterocycles. The molecule has 4 nitrogen and oxygen atoms in total. The molecule has 0 spiro atoms. The first-order valence-electron chi connectivity index (χ1n) is 6.45. The summed E-state index contributed by atoms with van der Waals surface area (Å²) in [6.07, 6.45) is 3.91. The molecule has 17 heavy (non-hydrogen) atoms. The number of rotatable bonds is 4. The van der Waals surface area contributed by atoms with Gasteiger partial charge in [0.2, 0.25) is 5.91 Å². The van der Waals surface area contributed by atoms with E-state index in [1.54, 1.807) is 0 Å². The zero-order chi connectivity index (χ0) is 13.0. The van der Waals surface area contributed by atoms with Crippen LogP contribution in [-0.4, -0.2) is 23.0 Å². The summed E-state index contributed by atoms with van der Waals surface area (Å²) in [4.78, 5) is 22.9. The Morgan fingerprint density at radius 3 is 2.12 bits per heavy atom. The molecule has 0 heterocycles. The van der Waals surface area contributed by atoms with Crippen LogP contribution in [0.25, 0.3) is 0 Å². The fraction of sp³-hybridized carbons (Fsp3) is 0.846. The van der Waals surface area contributed by atoms with Gasteiger partial charge in [0.25, 0.3) is 0 Å². The number of carbonyl (C=O) groups excluding carboxylic acids is 1. The fourth-order valence-electron chi connectivity index (χ4n) is 2.31. The molecule has 1 aliphatic rings. The van der Waals surface area contributed by atoms with Crippen molar-refractivity contribution in [1.82, 2.24) is 5.32 Å². The molecule has 0 aromatic carbocycles. The molecule has 1 fully saturated rings. The largest absolute Gasteiger partial charge is 0.480 e. The summed E-state index contributed by atoms with van der Waals surface area (Å²) in [6, 6.07) is -0.762. The van der Waals surface area contributed by atoms with Crippen molar-refractivity contribution in [3.8, 4) is 0 Å². The Hall–Kier alpha value is -1.06. The van der Waals surface area contributed by atoms with Gasteiger partial charge in [0, 0.05) is 5.92 Å². The highest BCUT2D eigenvalue weighted by Gasteiger charge is 2.29. The van der Waals surface area contributed by atoms with Crippen molar-refractivity contribution in [3.63, 3.8) is 0 Å². The van der Waals surface area contributed by atoms with Crippen LogP contribution in [0.3, 0.4) is 0 Å². The predicted molar refractivity (Wildman–Crippen MR) is 65.5 cm³/mol. The summed E-state index contributed by atoms with van der Waals surface area (Å²) < 4.78 is 0. The van der Waals surface area contributed by atoms with Gasteiger partial charge >= 0.3 is 5.97 Å².